The van der Waals surface area contributed by atoms with Gasteiger partial charge < -0.3 is 16.0 Å². The number of piperidine rings is 1. The molecule has 0 aliphatic carbocycles. The van der Waals surface area contributed by atoms with Crippen LogP contribution in [0.3, 0.4) is 0 Å². The first kappa shape index (κ1) is 19.2. The van der Waals surface area contributed by atoms with Gasteiger partial charge in [-0.2, -0.15) is 0 Å². The molecule has 1 aliphatic rings. The number of thiazole rings is 1. The fourth-order valence-electron chi connectivity index (χ4n) is 3.08. The molecule has 1 unspecified atom stereocenters. The summed E-state index contributed by atoms with van der Waals surface area (Å²) < 4.78 is 0. The highest BCUT2D eigenvalue weighted by atomic mass is 32.1. The summed E-state index contributed by atoms with van der Waals surface area (Å²) >= 11 is 1.25. The van der Waals surface area contributed by atoms with Gasteiger partial charge in [-0.25, -0.2) is 9.78 Å². The first-order chi connectivity index (χ1) is 12.9. The summed E-state index contributed by atoms with van der Waals surface area (Å²) in [4.78, 5) is 30.9. The van der Waals surface area contributed by atoms with E-state index in [1.165, 1.54) is 30.6 Å². The number of hydrogen-bond acceptors (Lipinski definition) is 5. The number of anilines is 3. The van der Waals surface area contributed by atoms with E-state index in [1.54, 1.807) is 13.1 Å². The monoisotopic (exact) mass is 387 g/mol. The van der Waals surface area contributed by atoms with Crippen LogP contribution in [0.5, 0.6) is 0 Å². The molecule has 1 fully saturated rings. The Balaban J connectivity index is 1.70. The minimum atomic E-state index is -0.427. The molecular weight excluding hydrogens is 362 g/mol. The van der Waals surface area contributed by atoms with Gasteiger partial charge in [-0.3, -0.25) is 10.1 Å². The number of nitrogens with zero attached hydrogens (tertiary/aromatic N) is 2. The molecule has 2 heterocycles. The zero-order valence-corrected chi connectivity index (χ0v) is 16.4. The fraction of sp³-hybridized carbons (Fsp3) is 0.421. The first-order valence-corrected chi connectivity index (χ1v) is 9.94. The van der Waals surface area contributed by atoms with Gasteiger partial charge in [0, 0.05) is 24.2 Å². The maximum atomic E-state index is 12.4. The quantitative estimate of drug-likeness (QED) is 0.728. The minimum Gasteiger partial charge on any atom is -0.370 e. The van der Waals surface area contributed by atoms with Gasteiger partial charge in [0.15, 0.2) is 5.13 Å². The van der Waals surface area contributed by atoms with Gasteiger partial charge in [-0.15, -0.1) is 11.3 Å². The van der Waals surface area contributed by atoms with Crippen LogP contribution < -0.4 is 21.3 Å². The zero-order valence-electron chi connectivity index (χ0n) is 15.6. The highest BCUT2D eigenvalue weighted by Crippen LogP contribution is 2.30. The van der Waals surface area contributed by atoms with Crippen LogP contribution in [0.4, 0.5) is 21.3 Å². The molecule has 1 aromatic heterocycles. The SMILES string of the molecule is Cc1ccc(NC(=O)Nc2ncc(C(C)C(N)=O)s2)c(N2CCCCC2)c1. The number of hydrogen-bond donors (Lipinski definition) is 3. The number of aromatic nitrogens is 1. The van der Waals surface area contributed by atoms with Crippen LogP contribution in [0.25, 0.3) is 0 Å². The Hall–Kier alpha value is -2.61. The van der Waals surface area contributed by atoms with Crippen LogP contribution in [-0.4, -0.2) is 30.0 Å². The number of benzene rings is 1. The predicted molar refractivity (Wildman–Crippen MR) is 110 cm³/mol. The van der Waals surface area contributed by atoms with Crippen molar-refractivity contribution in [1.82, 2.24) is 4.98 Å². The predicted octanol–water partition coefficient (Wildman–Crippen LogP) is 3.67. The summed E-state index contributed by atoms with van der Waals surface area (Å²) in [6, 6.07) is 5.67. The van der Waals surface area contributed by atoms with Gasteiger partial charge in [-0.1, -0.05) is 6.07 Å². The third-order valence-corrected chi connectivity index (χ3v) is 5.79. The molecule has 1 aromatic carbocycles. The Morgan fingerprint density at radius 3 is 2.67 bits per heavy atom. The van der Waals surface area contributed by atoms with Crippen LogP contribution in [0.2, 0.25) is 0 Å². The Morgan fingerprint density at radius 1 is 1.22 bits per heavy atom. The van der Waals surface area contributed by atoms with Gasteiger partial charge in [0.1, 0.15) is 0 Å². The molecule has 1 atom stereocenters. The number of urea groups is 1. The molecule has 0 radical (unpaired) electrons. The lowest BCUT2D eigenvalue weighted by Gasteiger charge is -2.30. The molecule has 0 saturated carbocycles. The van der Waals surface area contributed by atoms with E-state index in [-0.39, 0.29) is 6.03 Å². The van der Waals surface area contributed by atoms with Crippen LogP contribution in [0, 0.1) is 6.92 Å². The van der Waals surface area contributed by atoms with E-state index in [2.05, 4.69) is 26.6 Å². The van der Waals surface area contributed by atoms with Crippen LogP contribution in [0.15, 0.2) is 24.4 Å². The van der Waals surface area contributed by atoms with Gasteiger partial charge in [0.05, 0.1) is 17.3 Å². The number of nitrogens with two attached hydrogens (primary N) is 1. The van der Waals surface area contributed by atoms with Gasteiger partial charge in [0.2, 0.25) is 5.91 Å². The number of rotatable bonds is 5. The average molecular weight is 388 g/mol. The van der Waals surface area contributed by atoms with E-state index in [1.807, 2.05) is 19.1 Å². The molecule has 2 aromatic rings. The second-order valence-corrected chi connectivity index (χ2v) is 7.90. The zero-order chi connectivity index (χ0) is 19.4. The van der Waals surface area contributed by atoms with Crippen LogP contribution >= 0.6 is 11.3 Å². The third-order valence-electron chi connectivity index (χ3n) is 4.70. The third kappa shape index (κ3) is 4.77. The van der Waals surface area contributed by atoms with Crippen molar-refractivity contribution in [1.29, 1.82) is 0 Å². The Labute approximate surface area is 163 Å². The first-order valence-electron chi connectivity index (χ1n) is 9.12. The van der Waals surface area contributed by atoms with E-state index in [9.17, 15) is 9.59 Å². The number of carbonyl (C=O) groups is 2. The van der Waals surface area contributed by atoms with Crippen LogP contribution in [0.1, 0.15) is 42.5 Å². The maximum Gasteiger partial charge on any atom is 0.325 e. The lowest BCUT2D eigenvalue weighted by Crippen LogP contribution is -2.31. The summed E-state index contributed by atoms with van der Waals surface area (Å²) in [6.07, 6.45) is 5.15. The second kappa shape index (κ2) is 8.39. The summed E-state index contributed by atoms with van der Waals surface area (Å²) in [5.74, 6) is -0.843. The Bertz CT molecular complexity index is 829. The standard InChI is InChI=1S/C19H25N5O2S/c1-12-6-7-14(15(10-12)24-8-4-3-5-9-24)22-18(26)23-19-21-11-16(27-19)13(2)17(20)25/h6-7,10-11,13H,3-5,8-9H2,1-2H3,(H2,20,25)(H2,21,22,23,26). The highest BCUT2D eigenvalue weighted by molar-refractivity contribution is 7.15. The molecular formula is C19H25N5O2S. The summed E-state index contributed by atoms with van der Waals surface area (Å²) in [7, 11) is 0. The molecule has 27 heavy (non-hydrogen) atoms. The lowest BCUT2D eigenvalue weighted by molar-refractivity contribution is -0.119. The number of nitrogens with one attached hydrogen (secondary N) is 2. The smallest absolute Gasteiger partial charge is 0.325 e. The summed E-state index contributed by atoms with van der Waals surface area (Å²) in [5.41, 5.74) is 8.30. The van der Waals surface area contributed by atoms with Gasteiger partial charge in [-0.05, 0) is 50.8 Å². The van der Waals surface area contributed by atoms with Gasteiger partial charge in [0.25, 0.3) is 0 Å². The van der Waals surface area contributed by atoms with Crippen molar-refractivity contribution >= 4 is 39.8 Å². The molecule has 0 spiro atoms. The van der Waals surface area contributed by atoms with Crippen molar-refractivity contribution in [3.8, 4) is 0 Å². The Morgan fingerprint density at radius 2 is 1.96 bits per heavy atom. The molecule has 0 bridgehead atoms. The van der Waals surface area contributed by atoms with Crippen molar-refractivity contribution in [3.63, 3.8) is 0 Å². The number of carbonyl (C=O) groups excluding carboxylic acids is 2. The number of amides is 3. The van der Waals surface area contributed by atoms with E-state index < -0.39 is 11.8 Å². The van der Waals surface area contributed by atoms with E-state index in [4.69, 9.17) is 5.73 Å². The fourth-order valence-corrected chi connectivity index (χ4v) is 3.95. The van der Waals surface area contributed by atoms with Crippen molar-refractivity contribution in [2.24, 2.45) is 5.73 Å². The molecule has 1 saturated heterocycles. The number of primary amides is 1. The summed E-state index contributed by atoms with van der Waals surface area (Å²) in [5, 5.41) is 6.10. The maximum absolute atomic E-state index is 12.4. The normalized spacial score (nSPS) is 15.3. The highest BCUT2D eigenvalue weighted by Gasteiger charge is 2.18. The molecule has 3 rings (SSSR count). The minimum absolute atomic E-state index is 0.357. The number of aryl methyl sites for hydroxylation is 1. The van der Waals surface area contributed by atoms with Crippen molar-refractivity contribution in [3.05, 3.63) is 34.8 Å². The van der Waals surface area contributed by atoms with E-state index in [0.29, 0.717) is 5.13 Å². The molecule has 7 nitrogen and oxygen atoms in total. The molecule has 3 amide bonds. The van der Waals surface area contributed by atoms with Crippen molar-refractivity contribution in [2.45, 2.75) is 39.0 Å². The van der Waals surface area contributed by atoms with Crippen LogP contribution in [-0.2, 0) is 4.79 Å². The molecule has 144 valence electrons. The van der Waals surface area contributed by atoms with E-state index in [0.717, 1.165) is 34.9 Å². The van der Waals surface area contributed by atoms with Gasteiger partial charge >= 0.3 is 6.03 Å². The lowest BCUT2D eigenvalue weighted by atomic mass is 10.1. The molecule has 1 aliphatic heterocycles. The molecule has 8 heteroatoms. The second-order valence-electron chi connectivity index (χ2n) is 6.84. The average Bonchev–Trinajstić information content (AvgIpc) is 3.11. The van der Waals surface area contributed by atoms with Crippen molar-refractivity contribution < 1.29 is 9.59 Å². The largest absolute Gasteiger partial charge is 0.370 e. The topological polar surface area (TPSA) is 100 Å². The van der Waals surface area contributed by atoms with Crippen molar-refractivity contribution in [2.75, 3.05) is 28.6 Å². The molecule has 4 N–H and O–H groups in total. The summed E-state index contributed by atoms with van der Waals surface area (Å²) in [6.45, 7) is 5.77. The van der Waals surface area contributed by atoms with E-state index >= 15 is 0 Å². The Kier molecular flexibility index (Phi) is 5.95.